The molecule has 1 aromatic carbocycles. The van der Waals surface area contributed by atoms with Crippen molar-refractivity contribution < 1.29 is 19.4 Å². The molecule has 31 heavy (non-hydrogen) atoms. The molecular weight excluding hydrogens is 396 g/mol. The van der Waals surface area contributed by atoms with Gasteiger partial charge in [-0.05, 0) is 58.9 Å². The Balaban J connectivity index is 1.53. The van der Waals surface area contributed by atoms with Gasteiger partial charge >= 0.3 is 6.09 Å². The molecule has 8 heteroatoms. The SMILES string of the molecule is CC(C)(C)OC(=O)N1CC(C(C)(C)Oc2cc(-c3ccc(O)cc3)nc3[nH]ncc23)C1. The number of fused-ring (bicyclic) bond motifs is 1. The first kappa shape index (κ1) is 21.0. The van der Waals surface area contributed by atoms with Gasteiger partial charge in [-0.1, -0.05) is 0 Å². The number of aromatic amines is 1. The quantitative estimate of drug-likeness (QED) is 0.646. The molecule has 0 aliphatic carbocycles. The zero-order valence-corrected chi connectivity index (χ0v) is 18.5. The highest BCUT2D eigenvalue weighted by Crippen LogP contribution is 2.36. The van der Waals surface area contributed by atoms with E-state index in [9.17, 15) is 9.90 Å². The number of rotatable bonds is 4. The third-order valence-corrected chi connectivity index (χ3v) is 5.44. The molecule has 1 aliphatic heterocycles. The predicted molar refractivity (Wildman–Crippen MR) is 117 cm³/mol. The Morgan fingerprint density at radius 2 is 1.84 bits per heavy atom. The summed E-state index contributed by atoms with van der Waals surface area (Å²) >= 11 is 0. The summed E-state index contributed by atoms with van der Waals surface area (Å²) in [5, 5.41) is 17.4. The van der Waals surface area contributed by atoms with E-state index in [4.69, 9.17) is 9.47 Å². The van der Waals surface area contributed by atoms with Crippen molar-refractivity contribution in [2.45, 2.75) is 45.8 Å². The molecule has 4 rings (SSSR count). The van der Waals surface area contributed by atoms with Gasteiger partial charge in [-0.25, -0.2) is 9.78 Å². The molecule has 0 saturated carbocycles. The van der Waals surface area contributed by atoms with E-state index >= 15 is 0 Å². The highest BCUT2D eigenvalue weighted by Gasteiger charge is 2.44. The van der Waals surface area contributed by atoms with E-state index in [1.165, 1.54) is 0 Å². The lowest BCUT2D eigenvalue weighted by Crippen LogP contribution is -2.60. The molecule has 1 saturated heterocycles. The number of aromatic nitrogens is 3. The molecule has 3 heterocycles. The van der Waals surface area contributed by atoms with Gasteiger partial charge in [-0.2, -0.15) is 5.10 Å². The third-order valence-electron chi connectivity index (χ3n) is 5.44. The van der Waals surface area contributed by atoms with Gasteiger partial charge in [0.05, 0.1) is 17.3 Å². The van der Waals surface area contributed by atoms with Crippen molar-refractivity contribution in [2.24, 2.45) is 5.92 Å². The zero-order valence-electron chi connectivity index (χ0n) is 18.5. The third kappa shape index (κ3) is 4.42. The molecule has 2 N–H and O–H groups in total. The molecule has 1 aliphatic rings. The molecule has 1 amide bonds. The van der Waals surface area contributed by atoms with Crippen molar-refractivity contribution in [3.05, 3.63) is 36.5 Å². The van der Waals surface area contributed by atoms with E-state index < -0.39 is 11.2 Å². The van der Waals surface area contributed by atoms with Crippen LogP contribution < -0.4 is 4.74 Å². The highest BCUT2D eigenvalue weighted by molar-refractivity contribution is 5.84. The van der Waals surface area contributed by atoms with Crippen LogP contribution in [0.1, 0.15) is 34.6 Å². The van der Waals surface area contributed by atoms with Crippen molar-refractivity contribution in [1.29, 1.82) is 0 Å². The lowest BCUT2D eigenvalue weighted by atomic mass is 9.84. The number of H-pyrrole nitrogens is 1. The first-order valence-electron chi connectivity index (χ1n) is 10.3. The zero-order chi connectivity index (χ0) is 22.4. The molecular formula is C23H28N4O4. The molecule has 3 aromatic rings. The van der Waals surface area contributed by atoms with Gasteiger partial charge in [0.2, 0.25) is 0 Å². The lowest BCUT2D eigenvalue weighted by Gasteiger charge is -2.47. The van der Waals surface area contributed by atoms with Crippen LogP contribution >= 0.6 is 0 Å². The number of phenolic OH excluding ortho intramolecular Hbond substituents is 1. The molecule has 164 valence electrons. The maximum absolute atomic E-state index is 12.3. The van der Waals surface area contributed by atoms with Crippen LogP contribution in [-0.4, -0.2) is 55.6 Å². The number of amides is 1. The van der Waals surface area contributed by atoms with E-state index in [1.54, 1.807) is 35.4 Å². The smallest absolute Gasteiger partial charge is 0.410 e. The van der Waals surface area contributed by atoms with Crippen LogP contribution in [0.5, 0.6) is 11.5 Å². The second-order valence-electron chi connectivity index (χ2n) is 9.47. The van der Waals surface area contributed by atoms with Crippen molar-refractivity contribution in [3.63, 3.8) is 0 Å². The first-order valence-corrected chi connectivity index (χ1v) is 10.3. The molecule has 0 bridgehead atoms. The molecule has 0 spiro atoms. The number of carbonyl (C=O) groups excluding carboxylic acids is 1. The number of nitrogens with one attached hydrogen (secondary N) is 1. The average molecular weight is 425 g/mol. The summed E-state index contributed by atoms with van der Waals surface area (Å²) < 4.78 is 11.9. The Hall–Kier alpha value is -3.29. The Morgan fingerprint density at radius 1 is 1.16 bits per heavy atom. The molecule has 0 unspecified atom stereocenters. The minimum atomic E-state index is -0.518. The van der Waals surface area contributed by atoms with Crippen LogP contribution in [0.4, 0.5) is 4.79 Å². The molecule has 0 radical (unpaired) electrons. The van der Waals surface area contributed by atoms with Crippen molar-refractivity contribution in [3.8, 4) is 22.8 Å². The summed E-state index contributed by atoms with van der Waals surface area (Å²) in [6.07, 6.45) is 1.40. The number of ether oxygens (including phenoxy) is 2. The summed E-state index contributed by atoms with van der Waals surface area (Å²) in [7, 11) is 0. The van der Waals surface area contributed by atoms with Gasteiger partial charge in [0.15, 0.2) is 5.65 Å². The van der Waals surface area contributed by atoms with Crippen LogP contribution in [0.2, 0.25) is 0 Å². The molecule has 1 fully saturated rings. The largest absolute Gasteiger partial charge is 0.508 e. The van der Waals surface area contributed by atoms with Crippen molar-refractivity contribution >= 4 is 17.1 Å². The fourth-order valence-corrected chi connectivity index (χ4v) is 3.52. The van der Waals surface area contributed by atoms with E-state index in [0.29, 0.717) is 30.2 Å². The number of pyridine rings is 1. The molecule has 2 aromatic heterocycles. The number of aromatic hydroxyl groups is 1. The highest BCUT2D eigenvalue weighted by atomic mass is 16.6. The van der Waals surface area contributed by atoms with Crippen LogP contribution in [0.25, 0.3) is 22.3 Å². The summed E-state index contributed by atoms with van der Waals surface area (Å²) in [5.41, 5.74) is 1.17. The first-order chi connectivity index (χ1) is 14.5. The Labute approximate surface area is 181 Å². The Bertz CT molecular complexity index is 1090. The average Bonchev–Trinajstić information content (AvgIpc) is 3.07. The maximum Gasteiger partial charge on any atom is 0.410 e. The molecule has 8 nitrogen and oxygen atoms in total. The van der Waals surface area contributed by atoms with Crippen LogP contribution in [0.3, 0.4) is 0 Å². The summed E-state index contributed by atoms with van der Waals surface area (Å²) in [6, 6.07) is 8.74. The number of likely N-dealkylation sites (tertiary alicyclic amines) is 1. The van der Waals surface area contributed by atoms with Crippen molar-refractivity contribution in [2.75, 3.05) is 13.1 Å². The predicted octanol–water partition coefficient (Wildman–Crippen LogP) is 4.35. The van der Waals surface area contributed by atoms with Gasteiger partial charge in [0.1, 0.15) is 22.7 Å². The normalized spacial score (nSPS) is 15.1. The standard InChI is InChI=1S/C23H28N4O4/c1-22(2,3)31-21(29)27-12-15(13-27)23(4,5)30-19-10-18(14-6-8-16(28)9-7-14)25-20-17(19)11-24-26-20/h6-11,15,28H,12-13H2,1-5H3,(H,24,25,26). The van der Waals surface area contributed by atoms with E-state index in [2.05, 4.69) is 15.2 Å². The summed E-state index contributed by atoms with van der Waals surface area (Å²) in [5.74, 6) is 1.03. The second-order valence-corrected chi connectivity index (χ2v) is 9.47. The maximum atomic E-state index is 12.3. The topological polar surface area (TPSA) is 101 Å². The number of hydrogen-bond acceptors (Lipinski definition) is 6. The molecule has 0 atom stereocenters. The van der Waals surface area contributed by atoms with Crippen molar-refractivity contribution in [1.82, 2.24) is 20.1 Å². The Morgan fingerprint density at radius 3 is 2.48 bits per heavy atom. The van der Waals surface area contributed by atoms with E-state index in [0.717, 1.165) is 10.9 Å². The lowest BCUT2D eigenvalue weighted by molar-refractivity contribution is -0.0543. The number of nitrogens with zero attached hydrogens (tertiary/aromatic N) is 3. The second kappa shape index (κ2) is 7.44. The number of benzene rings is 1. The number of carbonyl (C=O) groups is 1. The van der Waals surface area contributed by atoms with Gasteiger partial charge in [0, 0.05) is 30.6 Å². The number of hydrogen-bond donors (Lipinski definition) is 2. The summed E-state index contributed by atoms with van der Waals surface area (Å²) in [6.45, 7) is 10.8. The summed E-state index contributed by atoms with van der Waals surface area (Å²) in [4.78, 5) is 18.6. The van der Waals surface area contributed by atoms with Crippen LogP contribution in [-0.2, 0) is 4.74 Å². The number of phenols is 1. The van der Waals surface area contributed by atoms with Crippen LogP contribution in [0, 0.1) is 5.92 Å². The van der Waals surface area contributed by atoms with Gasteiger partial charge in [0.25, 0.3) is 0 Å². The van der Waals surface area contributed by atoms with E-state index in [1.807, 2.05) is 40.7 Å². The van der Waals surface area contributed by atoms with Gasteiger partial charge < -0.3 is 19.5 Å². The van der Waals surface area contributed by atoms with E-state index in [-0.39, 0.29) is 17.8 Å². The van der Waals surface area contributed by atoms with Gasteiger partial charge in [-0.3, -0.25) is 5.10 Å². The monoisotopic (exact) mass is 424 g/mol. The van der Waals surface area contributed by atoms with Gasteiger partial charge in [-0.15, -0.1) is 0 Å². The fourth-order valence-electron chi connectivity index (χ4n) is 3.52. The van der Waals surface area contributed by atoms with Crippen LogP contribution in [0.15, 0.2) is 36.5 Å². The minimum absolute atomic E-state index is 0.159. The fraction of sp³-hybridized carbons (Fsp3) is 0.435. The Kier molecular flexibility index (Phi) is 5.03. The minimum Gasteiger partial charge on any atom is -0.508 e.